The summed E-state index contributed by atoms with van der Waals surface area (Å²) in [6, 6.07) is 1.38. The lowest BCUT2D eigenvalue weighted by atomic mass is 9.98. The summed E-state index contributed by atoms with van der Waals surface area (Å²) in [5.74, 6) is -0.880. The molecule has 0 radical (unpaired) electrons. The maximum atomic E-state index is 11.0. The van der Waals surface area contributed by atoms with Gasteiger partial charge in [-0.2, -0.15) is 0 Å². The van der Waals surface area contributed by atoms with E-state index in [0.717, 1.165) is 25.7 Å². The SMILES string of the molecule is Nc1cnc(OC2CCCCC2)c(C(=O)O)c1. The third-order valence-electron chi connectivity index (χ3n) is 2.93. The van der Waals surface area contributed by atoms with E-state index in [2.05, 4.69) is 4.98 Å². The molecule has 0 aromatic carbocycles. The fraction of sp³-hybridized carbons (Fsp3) is 0.500. The van der Waals surface area contributed by atoms with Gasteiger partial charge in [0, 0.05) is 0 Å². The molecule has 0 atom stereocenters. The van der Waals surface area contributed by atoms with Crippen LogP contribution in [-0.2, 0) is 0 Å². The minimum atomic E-state index is -1.06. The van der Waals surface area contributed by atoms with Gasteiger partial charge in [-0.3, -0.25) is 0 Å². The molecular formula is C12H16N2O3. The van der Waals surface area contributed by atoms with Gasteiger partial charge >= 0.3 is 5.97 Å². The molecule has 2 rings (SSSR count). The molecule has 0 saturated heterocycles. The predicted octanol–water partition coefficient (Wildman–Crippen LogP) is 2.07. The number of hydrogen-bond donors (Lipinski definition) is 2. The topological polar surface area (TPSA) is 85.4 Å². The first-order chi connectivity index (χ1) is 8.16. The van der Waals surface area contributed by atoms with Gasteiger partial charge in [0.1, 0.15) is 11.7 Å². The molecule has 0 amide bonds. The molecule has 0 bridgehead atoms. The van der Waals surface area contributed by atoms with Crippen LogP contribution in [0.2, 0.25) is 0 Å². The minimum absolute atomic E-state index is 0.0376. The van der Waals surface area contributed by atoms with Gasteiger partial charge in [-0.15, -0.1) is 0 Å². The fourth-order valence-corrected chi connectivity index (χ4v) is 2.06. The second kappa shape index (κ2) is 5.03. The highest BCUT2D eigenvalue weighted by atomic mass is 16.5. The lowest BCUT2D eigenvalue weighted by Crippen LogP contribution is -2.21. The van der Waals surface area contributed by atoms with E-state index in [1.165, 1.54) is 18.7 Å². The number of nitrogens with two attached hydrogens (primary N) is 1. The van der Waals surface area contributed by atoms with Gasteiger partial charge in [0.05, 0.1) is 11.9 Å². The Bertz CT molecular complexity index is 414. The van der Waals surface area contributed by atoms with Crippen LogP contribution in [0.5, 0.6) is 5.88 Å². The highest BCUT2D eigenvalue weighted by molar-refractivity contribution is 5.91. The van der Waals surface area contributed by atoms with E-state index in [-0.39, 0.29) is 17.5 Å². The number of hydrogen-bond acceptors (Lipinski definition) is 4. The van der Waals surface area contributed by atoms with Gasteiger partial charge < -0.3 is 15.6 Å². The number of anilines is 1. The van der Waals surface area contributed by atoms with Gasteiger partial charge in [-0.1, -0.05) is 6.42 Å². The molecule has 0 unspecified atom stereocenters. The third-order valence-corrected chi connectivity index (χ3v) is 2.93. The van der Waals surface area contributed by atoms with Crippen molar-refractivity contribution in [3.8, 4) is 5.88 Å². The van der Waals surface area contributed by atoms with Crippen molar-refractivity contribution < 1.29 is 14.6 Å². The number of carboxylic acids is 1. The Kier molecular flexibility index (Phi) is 3.46. The Morgan fingerprint density at radius 3 is 2.76 bits per heavy atom. The van der Waals surface area contributed by atoms with Crippen LogP contribution in [-0.4, -0.2) is 22.2 Å². The van der Waals surface area contributed by atoms with Crippen LogP contribution in [0.4, 0.5) is 5.69 Å². The molecular weight excluding hydrogens is 220 g/mol. The van der Waals surface area contributed by atoms with Crippen molar-refractivity contribution in [1.29, 1.82) is 0 Å². The van der Waals surface area contributed by atoms with E-state index in [1.807, 2.05) is 0 Å². The number of carboxylic acid groups (broad SMARTS) is 1. The van der Waals surface area contributed by atoms with Crippen LogP contribution in [0.15, 0.2) is 12.3 Å². The Balaban J connectivity index is 2.16. The van der Waals surface area contributed by atoms with Crippen molar-refractivity contribution in [2.75, 3.05) is 5.73 Å². The Hall–Kier alpha value is -1.78. The number of rotatable bonds is 3. The Morgan fingerprint density at radius 2 is 2.12 bits per heavy atom. The maximum absolute atomic E-state index is 11.0. The summed E-state index contributed by atoms with van der Waals surface area (Å²) in [5, 5.41) is 9.04. The van der Waals surface area contributed by atoms with Crippen molar-refractivity contribution in [2.45, 2.75) is 38.2 Å². The van der Waals surface area contributed by atoms with Crippen LogP contribution in [0.3, 0.4) is 0 Å². The molecule has 3 N–H and O–H groups in total. The van der Waals surface area contributed by atoms with E-state index in [4.69, 9.17) is 15.6 Å². The zero-order valence-corrected chi connectivity index (χ0v) is 9.56. The third kappa shape index (κ3) is 2.87. The van der Waals surface area contributed by atoms with Gasteiger partial charge in [-0.05, 0) is 31.7 Å². The lowest BCUT2D eigenvalue weighted by molar-refractivity contribution is 0.0684. The molecule has 1 aliphatic carbocycles. The first-order valence-corrected chi connectivity index (χ1v) is 5.82. The Morgan fingerprint density at radius 1 is 1.41 bits per heavy atom. The molecule has 17 heavy (non-hydrogen) atoms. The summed E-state index contributed by atoms with van der Waals surface area (Å²) in [5.41, 5.74) is 5.89. The van der Waals surface area contributed by atoms with Crippen LogP contribution < -0.4 is 10.5 Å². The zero-order chi connectivity index (χ0) is 12.3. The molecule has 92 valence electrons. The number of nitrogens with zero attached hydrogens (tertiary/aromatic N) is 1. The van der Waals surface area contributed by atoms with Crippen LogP contribution >= 0.6 is 0 Å². The normalized spacial score (nSPS) is 16.7. The standard InChI is InChI=1S/C12H16N2O3/c13-8-6-10(12(15)16)11(14-7-8)17-9-4-2-1-3-5-9/h6-7,9H,1-5,13H2,(H,15,16). The molecule has 0 spiro atoms. The van der Waals surface area contributed by atoms with Gasteiger partial charge in [-0.25, -0.2) is 9.78 Å². The minimum Gasteiger partial charge on any atom is -0.477 e. The van der Waals surface area contributed by atoms with Gasteiger partial charge in [0.25, 0.3) is 0 Å². The van der Waals surface area contributed by atoms with Gasteiger partial charge in [0.2, 0.25) is 5.88 Å². The first kappa shape index (κ1) is 11.7. The van der Waals surface area contributed by atoms with E-state index < -0.39 is 5.97 Å². The highest BCUT2D eigenvalue weighted by Gasteiger charge is 2.20. The molecule has 0 aliphatic heterocycles. The molecule has 1 aromatic heterocycles. The van der Waals surface area contributed by atoms with Crippen molar-refractivity contribution in [3.05, 3.63) is 17.8 Å². The molecule has 1 heterocycles. The first-order valence-electron chi connectivity index (χ1n) is 5.82. The molecule has 1 aliphatic rings. The van der Waals surface area contributed by atoms with Crippen LogP contribution in [0.25, 0.3) is 0 Å². The number of aromatic nitrogens is 1. The summed E-state index contributed by atoms with van der Waals surface area (Å²) in [6.45, 7) is 0. The molecule has 1 fully saturated rings. The summed E-state index contributed by atoms with van der Waals surface area (Å²) in [6.07, 6.45) is 6.91. The summed E-state index contributed by atoms with van der Waals surface area (Å²) < 4.78 is 5.66. The molecule has 5 nitrogen and oxygen atoms in total. The van der Waals surface area contributed by atoms with E-state index in [1.54, 1.807) is 0 Å². The predicted molar refractivity (Wildman–Crippen MR) is 63.1 cm³/mol. The summed E-state index contributed by atoms with van der Waals surface area (Å²) in [4.78, 5) is 15.0. The van der Waals surface area contributed by atoms with Crippen molar-refractivity contribution in [3.63, 3.8) is 0 Å². The number of aromatic carboxylic acids is 1. The van der Waals surface area contributed by atoms with Crippen molar-refractivity contribution in [2.24, 2.45) is 0 Å². The number of carbonyl (C=O) groups is 1. The van der Waals surface area contributed by atoms with E-state index in [9.17, 15) is 4.79 Å². The summed E-state index contributed by atoms with van der Waals surface area (Å²) >= 11 is 0. The summed E-state index contributed by atoms with van der Waals surface area (Å²) in [7, 11) is 0. The van der Waals surface area contributed by atoms with Crippen molar-refractivity contribution in [1.82, 2.24) is 4.98 Å². The van der Waals surface area contributed by atoms with E-state index in [0.29, 0.717) is 5.69 Å². The van der Waals surface area contributed by atoms with Crippen LogP contribution in [0.1, 0.15) is 42.5 Å². The Labute approximate surface area is 99.6 Å². The molecule has 1 aromatic rings. The number of pyridine rings is 1. The quantitative estimate of drug-likeness (QED) is 0.839. The average molecular weight is 236 g/mol. The second-order valence-electron chi connectivity index (χ2n) is 4.30. The number of nitrogen functional groups attached to an aromatic ring is 1. The lowest BCUT2D eigenvalue weighted by Gasteiger charge is -2.23. The maximum Gasteiger partial charge on any atom is 0.341 e. The molecule has 1 saturated carbocycles. The zero-order valence-electron chi connectivity index (χ0n) is 9.56. The average Bonchev–Trinajstić information content (AvgIpc) is 2.32. The smallest absolute Gasteiger partial charge is 0.341 e. The monoisotopic (exact) mass is 236 g/mol. The second-order valence-corrected chi connectivity index (χ2v) is 4.30. The fourth-order valence-electron chi connectivity index (χ4n) is 2.06. The number of ether oxygens (including phenoxy) is 1. The van der Waals surface area contributed by atoms with E-state index >= 15 is 0 Å². The van der Waals surface area contributed by atoms with Crippen LogP contribution in [0, 0.1) is 0 Å². The van der Waals surface area contributed by atoms with Crippen molar-refractivity contribution >= 4 is 11.7 Å². The largest absolute Gasteiger partial charge is 0.477 e. The highest BCUT2D eigenvalue weighted by Crippen LogP contribution is 2.25. The van der Waals surface area contributed by atoms with Gasteiger partial charge in [0.15, 0.2) is 0 Å². The molecule has 5 heteroatoms.